The zero-order valence-electron chi connectivity index (χ0n) is 16.8. The molecule has 7 heteroatoms. The van der Waals surface area contributed by atoms with Gasteiger partial charge in [-0.15, -0.1) is 0 Å². The van der Waals surface area contributed by atoms with Crippen LogP contribution >= 0.6 is 0 Å². The number of carbonyl (C=O) groups is 1. The van der Waals surface area contributed by atoms with E-state index in [1.54, 1.807) is 12.1 Å². The molecule has 1 fully saturated rings. The second-order valence-electron chi connectivity index (χ2n) is 7.42. The summed E-state index contributed by atoms with van der Waals surface area (Å²) < 4.78 is 32.7. The van der Waals surface area contributed by atoms with Gasteiger partial charge in [-0.2, -0.15) is 0 Å². The van der Waals surface area contributed by atoms with Crippen LogP contribution in [0.2, 0.25) is 0 Å². The normalized spacial score (nSPS) is 15.8. The average Bonchev–Trinajstić information content (AvgIpc) is 3.24. The highest BCUT2D eigenvalue weighted by molar-refractivity contribution is 6.09. The van der Waals surface area contributed by atoms with Gasteiger partial charge in [0.15, 0.2) is 11.6 Å². The summed E-state index contributed by atoms with van der Waals surface area (Å²) in [7, 11) is 0. The molecule has 1 atom stereocenters. The van der Waals surface area contributed by atoms with Gasteiger partial charge in [-0.25, -0.2) is 13.8 Å². The molecule has 4 rings (SSSR count). The van der Waals surface area contributed by atoms with Crippen LogP contribution in [0.15, 0.2) is 60.8 Å². The molecule has 0 bridgehead atoms. The molecule has 5 nitrogen and oxygen atoms in total. The van der Waals surface area contributed by atoms with Gasteiger partial charge < -0.3 is 14.7 Å². The van der Waals surface area contributed by atoms with Crippen LogP contribution in [0.25, 0.3) is 0 Å². The maximum atomic E-state index is 13.8. The molecule has 2 aromatic carbocycles. The van der Waals surface area contributed by atoms with Crippen molar-refractivity contribution in [1.29, 1.82) is 0 Å². The van der Waals surface area contributed by atoms with Gasteiger partial charge in [0, 0.05) is 42.6 Å². The van der Waals surface area contributed by atoms with Crippen LogP contribution in [0.1, 0.15) is 27.9 Å². The van der Waals surface area contributed by atoms with Crippen LogP contribution in [0, 0.1) is 11.6 Å². The van der Waals surface area contributed by atoms with Crippen LogP contribution in [-0.4, -0.2) is 41.7 Å². The smallest absolute Gasteiger partial charge is 0.250 e. The van der Waals surface area contributed by atoms with E-state index >= 15 is 0 Å². The fraction of sp³-hybridized carbons (Fsp3) is 0.250. The Kier molecular flexibility index (Phi) is 6.23. The van der Waals surface area contributed by atoms with Gasteiger partial charge in [0.05, 0.1) is 6.54 Å². The molecule has 160 valence electrons. The van der Waals surface area contributed by atoms with Crippen LogP contribution < -0.4 is 9.64 Å². The third-order valence-corrected chi connectivity index (χ3v) is 5.32. The minimum absolute atomic E-state index is 0.00910. The first-order valence-corrected chi connectivity index (χ1v) is 10.1. The molecule has 1 aromatic heterocycles. The summed E-state index contributed by atoms with van der Waals surface area (Å²) in [6, 6.07) is 13.6. The molecule has 31 heavy (non-hydrogen) atoms. The largest absolute Gasteiger partial charge is 0.470 e. The summed E-state index contributed by atoms with van der Waals surface area (Å²) >= 11 is 0. The molecule has 1 saturated heterocycles. The third-order valence-electron chi connectivity index (χ3n) is 5.32. The highest BCUT2D eigenvalue weighted by Gasteiger charge is 2.27. The van der Waals surface area contributed by atoms with Gasteiger partial charge >= 0.3 is 0 Å². The SMILES string of the molecule is O=C(c1ccc(F)cc1)c1ccc(N2CC[C@H](Oc3ncccc3F)C2)c(CCO)c1. The Balaban J connectivity index is 1.52. The van der Waals surface area contributed by atoms with Gasteiger partial charge in [0.25, 0.3) is 5.88 Å². The molecule has 3 aromatic rings. The van der Waals surface area contributed by atoms with E-state index in [9.17, 15) is 18.7 Å². The Morgan fingerprint density at radius 1 is 1.13 bits per heavy atom. The number of halogens is 2. The summed E-state index contributed by atoms with van der Waals surface area (Å²) in [5.41, 5.74) is 2.61. The van der Waals surface area contributed by atoms with Crippen molar-refractivity contribution in [2.75, 3.05) is 24.6 Å². The van der Waals surface area contributed by atoms with Gasteiger partial charge in [0.2, 0.25) is 0 Å². The minimum Gasteiger partial charge on any atom is -0.470 e. The van der Waals surface area contributed by atoms with Crippen molar-refractivity contribution in [3.8, 4) is 5.88 Å². The number of benzene rings is 2. The summed E-state index contributed by atoms with van der Waals surface area (Å²) in [6.07, 6.45) is 2.36. The Hall–Kier alpha value is -3.32. The molecule has 2 heterocycles. The Bertz CT molecular complexity index is 1070. The molecule has 0 aliphatic carbocycles. The van der Waals surface area contributed by atoms with Crippen molar-refractivity contribution in [1.82, 2.24) is 4.98 Å². The molecule has 0 radical (unpaired) electrons. The number of ketones is 1. The molecule has 1 aliphatic heterocycles. The number of pyridine rings is 1. The van der Waals surface area contributed by atoms with Crippen LogP contribution in [0.3, 0.4) is 0 Å². The standard InChI is InChI=1S/C24H22F2N2O3/c25-19-6-3-16(4-7-19)23(30)18-5-8-22(17(14-18)10-13-29)28-12-9-20(15-28)31-24-21(26)2-1-11-27-24/h1-8,11,14,20,29H,9-10,12-13,15H2/t20-/m0/s1. The number of ether oxygens (including phenoxy) is 1. The maximum absolute atomic E-state index is 13.8. The summed E-state index contributed by atoms with van der Waals surface area (Å²) in [6.45, 7) is 1.18. The van der Waals surface area contributed by atoms with E-state index in [2.05, 4.69) is 9.88 Å². The fourth-order valence-electron chi connectivity index (χ4n) is 3.78. The lowest BCUT2D eigenvalue weighted by atomic mass is 9.98. The van der Waals surface area contributed by atoms with Crippen LogP contribution in [-0.2, 0) is 6.42 Å². The van der Waals surface area contributed by atoms with Gasteiger partial charge in [-0.05, 0) is 66.6 Å². The summed E-state index contributed by atoms with van der Waals surface area (Å²) in [5.74, 6) is -1.11. The monoisotopic (exact) mass is 424 g/mol. The Morgan fingerprint density at radius 3 is 2.65 bits per heavy atom. The fourth-order valence-corrected chi connectivity index (χ4v) is 3.78. The number of nitrogens with zero attached hydrogens (tertiary/aromatic N) is 2. The maximum Gasteiger partial charge on any atom is 0.250 e. The number of hydrogen-bond donors (Lipinski definition) is 1. The Morgan fingerprint density at radius 2 is 1.90 bits per heavy atom. The first-order chi connectivity index (χ1) is 15.0. The number of rotatable bonds is 7. The molecule has 0 amide bonds. The molecule has 0 spiro atoms. The molecular formula is C24H22F2N2O3. The lowest BCUT2D eigenvalue weighted by molar-refractivity contribution is 0.103. The van der Waals surface area contributed by atoms with Crippen molar-refractivity contribution in [3.05, 3.63) is 89.1 Å². The number of aliphatic hydroxyl groups excluding tert-OH is 1. The first kappa shape index (κ1) is 20.9. The van der Waals surface area contributed by atoms with E-state index in [0.29, 0.717) is 37.1 Å². The minimum atomic E-state index is -0.495. The van der Waals surface area contributed by atoms with Gasteiger partial charge in [-0.1, -0.05) is 0 Å². The lowest BCUT2D eigenvalue weighted by Gasteiger charge is -2.22. The van der Waals surface area contributed by atoms with E-state index in [-0.39, 0.29) is 24.4 Å². The number of anilines is 1. The summed E-state index contributed by atoms with van der Waals surface area (Å²) in [4.78, 5) is 18.8. The topological polar surface area (TPSA) is 62.7 Å². The highest BCUT2D eigenvalue weighted by atomic mass is 19.1. The van der Waals surface area contributed by atoms with Crippen molar-refractivity contribution >= 4 is 11.5 Å². The first-order valence-electron chi connectivity index (χ1n) is 10.1. The van der Waals surface area contributed by atoms with Crippen molar-refractivity contribution in [2.24, 2.45) is 0 Å². The van der Waals surface area contributed by atoms with E-state index in [0.717, 1.165) is 11.3 Å². The van der Waals surface area contributed by atoms with Crippen molar-refractivity contribution in [3.63, 3.8) is 0 Å². The molecule has 0 saturated carbocycles. The van der Waals surface area contributed by atoms with E-state index in [4.69, 9.17) is 4.74 Å². The van der Waals surface area contributed by atoms with Gasteiger partial charge in [0.1, 0.15) is 11.9 Å². The summed E-state index contributed by atoms with van der Waals surface area (Å²) in [5, 5.41) is 9.52. The van der Waals surface area contributed by atoms with Crippen molar-refractivity contribution in [2.45, 2.75) is 18.9 Å². The van der Waals surface area contributed by atoms with Crippen LogP contribution in [0.4, 0.5) is 14.5 Å². The second-order valence-corrected chi connectivity index (χ2v) is 7.42. The zero-order chi connectivity index (χ0) is 21.8. The van der Waals surface area contributed by atoms with Gasteiger partial charge in [-0.3, -0.25) is 4.79 Å². The number of carbonyl (C=O) groups excluding carboxylic acids is 1. The lowest BCUT2D eigenvalue weighted by Crippen LogP contribution is -2.26. The number of aromatic nitrogens is 1. The zero-order valence-corrected chi connectivity index (χ0v) is 16.8. The predicted octanol–water partition coefficient (Wildman–Crippen LogP) is 3.78. The van der Waals surface area contributed by atoms with E-state index in [1.807, 2.05) is 6.07 Å². The van der Waals surface area contributed by atoms with Crippen molar-refractivity contribution < 1.29 is 23.4 Å². The molecule has 1 N–H and O–H groups in total. The highest BCUT2D eigenvalue weighted by Crippen LogP contribution is 2.29. The quantitative estimate of drug-likeness (QED) is 0.585. The number of hydrogen-bond acceptors (Lipinski definition) is 5. The molecular weight excluding hydrogens is 402 g/mol. The van der Waals surface area contributed by atoms with Crippen LogP contribution in [0.5, 0.6) is 5.88 Å². The Labute approximate surface area is 178 Å². The second kappa shape index (κ2) is 9.22. The molecule has 0 unspecified atom stereocenters. The molecule has 1 aliphatic rings. The average molecular weight is 424 g/mol. The number of aliphatic hydroxyl groups is 1. The van der Waals surface area contributed by atoms with E-state index in [1.165, 1.54) is 42.6 Å². The third kappa shape index (κ3) is 4.72. The van der Waals surface area contributed by atoms with E-state index < -0.39 is 11.6 Å². The predicted molar refractivity (Wildman–Crippen MR) is 113 cm³/mol.